The molecule has 2 unspecified atom stereocenters. The number of ether oxygens (including phenoxy) is 1. The Morgan fingerprint density at radius 2 is 2.50 bits per heavy atom. The first-order chi connectivity index (χ1) is 7.62. The molecule has 0 bridgehead atoms. The van der Waals surface area contributed by atoms with Crippen LogP contribution in [0.3, 0.4) is 0 Å². The molecule has 0 N–H and O–H groups in total. The average molecular weight is 261 g/mol. The van der Waals surface area contributed by atoms with Gasteiger partial charge in [-0.05, 0) is 30.9 Å². The monoisotopic (exact) mass is 261 g/mol. The number of β-lactam (4-membered cyclic amide) rings is 1. The molecule has 0 aromatic rings. The summed E-state index contributed by atoms with van der Waals surface area (Å²) in [5.74, 6) is 1.01. The lowest BCUT2D eigenvalue weighted by Gasteiger charge is -2.57. The fourth-order valence-electron chi connectivity index (χ4n) is 2.07. The van der Waals surface area contributed by atoms with Crippen LogP contribution in [0.25, 0.3) is 0 Å². The highest BCUT2D eigenvalue weighted by molar-refractivity contribution is 8.26. The fourth-order valence-corrected chi connectivity index (χ4v) is 5.11. The molecule has 2 rings (SSSR count). The van der Waals surface area contributed by atoms with E-state index in [4.69, 9.17) is 4.74 Å². The third-order valence-corrected chi connectivity index (χ3v) is 5.61. The summed E-state index contributed by atoms with van der Waals surface area (Å²) >= 11 is 2.89. The van der Waals surface area contributed by atoms with E-state index in [1.807, 2.05) is 6.92 Å². The third kappa shape index (κ3) is 1.76. The van der Waals surface area contributed by atoms with E-state index in [-0.39, 0.29) is 11.0 Å². The van der Waals surface area contributed by atoms with Crippen molar-refractivity contribution in [3.63, 3.8) is 0 Å². The summed E-state index contributed by atoms with van der Waals surface area (Å²) in [6, 6.07) is 0. The predicted octanol–water partition coefficient (Wildman–Crippen LogP) is 1.30. The molecule has 0 spiro atoms. The van der Waals surface area contributed by atoms with E-state index < -0.39 is 10.3 Å². The molecule has 90 valence electrons. The number of rotatable bonds is 3. The van der Waals surface area contributed by atoms with Crippen molar-refractivity contribution < 1.29 is 14.3 Å². The quantitative estimate of drug-likeness (QED) is 0.717. The van der Waals surface area contributed by atoms with Crippen LogP contribution in [0.15, 0.2) is 0 Å². The zero-order valence-electron chi connectivity index (χ0n) is 9.39. The number of amides is 1. The third-order valence-electron chi connectivity index (χ3n) is 2.66. The molecular weight excluding hydrogens is 246 g/mol. The average Bonchev–Trinajstić information content (AvgIpc) is 2.25. The Bertz CT molecular complexity index is 323. The highest BCUT2D eigenvalue weighted by atomic mass is 32.2. The summed E-state index contributed by atoms with van der Waals surface area (Å²) in [5, 5.41) is 0.0385. The maximum absolute atomic E-state index is 11.8. The van der Waals surface area contributed by atoms with E-state index in [1.165, 1.54) is 11.8 Å². The molecule has 0 saturated carbocycles. The van der Waals surface area contributed by atoms with E-state index >= 15 is 0 Å². The number of thioether (sulfide) groups is 2. The minimum atomic E-state index is -0.475. The van der Waals surface area contributed by atoms with E-state index in [0.717, 1.165) is 18.7 Å². The molecule has 0 radical (unpaired) electrons. The van der Waals surface area contributed by atoms with Crippen LogP contribution in [0.4, 0.5) is 0 Å². The summed E-state index contributed by atoms with van der Waals surface area (Å²) in [5.41, 5.74) is 0. The minimum Gasteiger partial charge on any atom is -0.364 e. The normalized spacial score (nSPS) is 33.2. The molecule has 2 fully saturated rings. The van der Waals surface area contributed by atoms with E-state index in [2.05, 4.69) is 0 Å². The maximum atomic E-state index is 11.8. The van der Waals surface area contributed by atoms with Gasteiger partial charge in [-0.15, -0.1) is 11.8 Å². The highest BCUT2D eigenvalue weighted by Crippen LogP contribution is 2.54. The number of carbonyl (C=O) groups is 2. The standard InChI is InChI=1S/C10H15NO3S2/c1-3-14-8-9(13)11-5-4-6-15-10(8,11)16-7(2)12/h8H,3-6H2,1-2H3. The topological polar surface area (TPSA) is 46.6 Å². The van der Waals surface area contributed by atoms with Crippen LogP contribution in [-0.4, -0.2) is 45.1 Å². The highest BCUT2D eigenvalue weighted by Gasteiger charge is 2.63. The molecule has 1 amide bonds. The minimum absolute atomic E-state index is 0.0304. The van der Waals surface area contributed by atoms with Gasteiger partial charge in [0.15, 0.2) is 15.4 Å². The van der Waals surface area contributed by atoms with Crippen LogP contribution in [0.5, 0.6) is 0 Å². The number of hydrogen-bond acceptors (Lipinski definition) is 5. The van der Waals surface area contributed by atoms with Gasteiger partial charge in [-0.3, -0.25) is 9.59 Å². The van der Waals surface area contributed by atoms with Gasteiger partial charge < -0.3 is 9.64 Å². The lowest BCUT2D eigenvalue weighted by Crippen LogP contribution is -2.73. The molecule has 2 heterocycles. The van der Waals surface area contributed by atoms with E-state index in [0.29, 0.717) is 6.61 Å². The molecule has 16 heavy (non-hydrogen) atoms. The smallest absolute Gasteiger partial charge is 0.257 e. The summed E-state index contributed by atoms with van der Waals surface area (Å²) in [7, 11) is 0. The van der Waals surface area contributed by atoms with Gasteiger partial charge in [0, 0.05) is 20.1 Å². The maximum Gasteiger partial charge on any atom is 0.257 e. The van der Waals surface area contributed by atoms with Gasteiger partial charge >= 0.3 is 0 Å². The van der Waals surface area contributed by atoms with Crippen molar-refractivity contribution in [2.75, 3.05) is 18.9 Å². The predicted molar refractivity (Wildman–Crippen MR) is 65.2 cm³/mol. The molecular formula is C10H15NO3S2. The molecule has 2 saturated heterocycles. The van der Waals surface area contributed by atoms with Crippen molar-refractivity contribution in [3.05, 3.63) is 0 Å². The van der Waals surface area contributed by atoms with Gasteiger partial charge in [-0.25, -0.2) is 0 Å². The van der Waals surface area contributed by atoms with Crippen LogP contribution in [0.1, 0.15) is 20.3 Å². The zero-order valence-corrected chi connectivity index (χ0v) is 11.0. The first-order valence-corrected chi connectivity index (χ1v) is 7.18. The Balaban J connectivity index is 2.19. The van der Waals surface area contributed by atoms with Gasteiger partial charge in [0.2, 0.25) is 0 Å². The van der Waals surface area contributed by atoms with E-state index in [1.54, 1.807) is 23.6 Å². The van der Waals surface area contributed by atoms with Gasteiger partial charge in [-0.1, -0.05) is 0 Å². The first-order valence-electron chi connectivity index (χ1n) is 5.38. The van der Waals surface area contributed by atoms with Crippen LogP contribution >= 0.6 is 23.5 Å². The van der Waals surface area contributed by atoms with Gasteiger partial charge in [0.25, 0.3) is 5.91 Å². The van der Waals surface area contributed by atoms with Crippen LogP contribution in [-0.2, 0) is 14.3 Å². The molecule has 2 atom stereocenters. The van der Waals surface area contributed by atoms with E-state index in [9.17, 15) is 9.59 Å². The summed E-state index contributed by atoms with van der Waals surface area (Å²) < 4.78 is 5.00. The van der Waals surface area contributed by atoms with Crippen LogP contribution in [0.2, 0.25) is 0 Å². The summed E-state index contributed by atoms with van der Waals surface area (Å²) in [6.45, 7) is 4.66. The van der Waals surface area contributed by atoms with Crippen molar-refractivity contribution in [2.24, 2.45) is 0 Å². The number of fused-ring (bicyclic) bond motifs is 1. The van der Waals surface area contributed by atoms with Crippen molar-refractivity contribution in [2.45, 2.75) is 30.6 Å². The first kappa shape index (κ1) is 12.3. The lowest BCUT2D eigenvalue weighted by atomic mass is 10.1. The number of hydrogen-bond donors (Lipinski definition) is 0. The van der Waals surface area contributed by atoms with Gasteiger partial charge in [0.05, 0.1) is 0 Å². The zero-order chi connectivity index (χ0) is 11.8. The van der Waals surface area contributed by atoms with Crippen LogP contribution in [0, 0.1) is 0 Å². The van der Waals surface area contributed by atoms with Crippen molar-refractivity contribution in [1.82, 2.24) is 4.90 Å². The Morgan fingerprint density at radius 1 is 1.75 bits per heavy atom. The van der Waals surface area contributed by atoms with Crippen molar-refractivity contribution >= 4 is 34.5 Å². The molecule has 2 aliphatic rings. The SMILES string of the molecule is CCOC1C(=O)N2CCCSC12SC(C)=O. The van der Waals surface area contributed by atoms with Gasteiger partial charge in [0.1, 0.15) is 0 Å². The lowest BCUT2D eigenvalue weighted by molar-refractivity contribution is -0.168. The Labute approximate surface area is 103 Å². The second-order valence-electron chi connectivity index (χ2n) is 3.75. The molecule has 4 nitrogen and oxygen atoms in total. The Kier molecular flexibility index (Phi) is 3.51. The van der Waals surface area contributed by atoms with Crippen molar-refractivity contribution in [3.8, 4) is 0 Å². The second-order valence-corrected chi connectivity index (χ2v) is 6.73. The molecule has 2 aliphatic heterocycles. The van der Waals surface area contributed by atoms with Crippen molar-refractivity contribution in [1.29, 1.82) is 0 Å². The van der Waals surface area contributed by atoms with Crippen LogP contribution < -0.4 is 0 Å². The fraction of sp³-hybridized carbons (Fsp3) is 0.800. The molecule has 6 heteroatoms. The second kappa shape index (κ2) is 4.58. The molecule has 0 aromatic heterocycles. The molecule has 0 aromatic carbocycles. The van der Waals surface area contributed by atoms with Gasteiger partial charge in [-0.2, -0.15) is 0 Å². The summed E-state index contributed by atoms with van der Waals surface area (Å²) in [6.07, 6.45) is 0.548. The number of carbonyl (C=O) groups excluding carboxylic acids is 2. The Morgan fingerprint density at radius 3 is 3.12 bits per heavy atom. The molecule has 0 aliphatic carbocycles. The largest absolute Gasteiger partial charge is 0.364 e. The Hall–Kier alpha value is -0.200. The summed E-state index contributed by atoms with van der Waals surface area (Å²) in [4.78, 5) is 24.9. The number of nitrogens with zero attached hydrogens (tertiary/aromatic N) is 1.